The Labute approximate surface area is 124 Å². The van der Waals surface area contributed by atoms with Crippen LogP contribution < -0.4 is 11.1 Å². The van der Waals surface area contributed by atoms with Crippen LogP contribution >= 0.6 is 12.2 Å². The van der Waals surface area contributed by atoms with Gasteiger partial charge in [-0.1, -0.05) is 30.4 Å². The van der Waals surface area contributed by atoms with Crippen LogP contribution in [-0.2, 0) is 4.74 Å². The number of hydrogen-bond acceptors (Lipinski definition) is 4. The normalized spacial score (nSPS) is 10.9. The molecule has 106 valence electrons. The largest absolute Gasteiger partial charge is 0.389 e. The molecule has 2 aromatic rings. The van der Waals surface area contributed by atoms with Crippen LogP contribution in [0.15, 0.2) is 30.3 Å². The van der Waals surface area contributed by atoms with Gasteiger partial charge in [-0.15, -0.1) is 0 Å². The Hall–Kier alpha value is -1.72. The summed E-state index contributed by atoms with van der Waals surface area (Å²) >= 11 is 5.12. The molecule has 0 spiro atoms. The zero-order valence-electron chi connectivity index (χ0n) is 11.7. The number of nitrogens with two attached hydrogens (primary N) is 1. The molecule has 1 aromatic carbocycles. The van der Waals surface area contributed by atoms with E-state index in [0.717, 1.165) is 22.3 Å². The number of hydrogen-bond donors (Lipinski definition) is 2. The summed E-state index contributed by atoms with van der Waals surface area (Å²) in [5.74, 6) is 0.763. The molecule has 0 amide bonds. The zero-order valence-corrected chi connectivity index (χ0v) is 12.5. The lowest BCUT2D eigenvalue weighted by molar-refractivity contribution is 0.0870. The number of para-hydroxylation sites is 1. The van der Waals surface area contributed by atoms with Crippen molar-refractivity contribution < 1.29 is 4.74 Å². The first-order chi connectivity index (χ1) is 9.58. The van der Waals surface area contributed by atoms with Crippen molar-refractivity contribution in [2.24, 2.45) is 5.73 Å². The highest BCUT2D eigenvalue weighted by molar-refractivity contribution is 7.80. The van der Waals surface area contributed by atoms with Gasteiger partial charge in [0.2, 0.25) is 0 Å². The van der Waals surface area contributed by atoms with E-state index in [9.17, 15) is 0 Å². The Balaban J connectivity index is 2.20. The van der Waals surface area contributed by atoms with Gasteiger partial charge in [0.05, 0.1) is 18.2 Å². The van der Waals surface area contributed by atoms with E-state index in [0.29, 0.717) is 18.1 Å². The van der Waals surface area contributed by atoms with E-state index in [1.807, 2.05) is 44.2 Å². The van der Waals surface area contributed by atoms with Crippen LogP contribution in [0.25, 0.3) is 10.9 Å². The van der Waals surface area contributed by atoms with Crippen LogP contribution in [-0.4, -0.2) is 29.2 Å². The van der Waals surface area contributed by atoms with Gasteiger partial charge in [-0.3, -0.25) is 0 Å². The second-order valence-electron chi connectivity index (χ2n) is 4.78. The highest BCUT2D eigenvalue weighted by Crippen LogP contribution is 2.20. The molecule has 0 atom stereocenters. The number of aromatic nitrogens is 1. The maximum absolute atomic E-state index is 5.79. The van der Waals surface area contributed by atoms with Crippen molar-refractivity contribution in [3.8, 4) is 0 Å². The molecule has 0 saturated heterocycles. The van der Waals surface area contributed by atoms with Crippen LogP contribution in [0, 0.1) is 0 Å². The molecule has 20 heavy (non-hydrogen) atoms. The van der Waals surface area contributed by atoms with E-state index in [1.54, 1.807) is 0 Å². The third kappa shape index (κ3) is 3.65. The molecule has 0 saturated carbocycles. The quantitative estimate of drug-likeness (QED) is 0.632. The highest BCUT2D eigenvalue weighted by Gasteiger charge is 2.07. The second-order valence-corrected chi connectivity index (χ2v) is 5.22. The summed E-state index contributed by atoms with van der Waals surface area (Å²) < 4.78 is 5.49. The number of thiocarbonyl (C=S) groups is 1. The van der Waals surface area contributed by atoms with Gasteiger partial charge in [-0.05, 0) is 26.0 Å². The molecule has 2 rings (SSSR count). The molecule has 0 radical (unpaired) electrons. The number of ether oxygens (including phenoxy) is 1. The monoisotopic (exact) mass is 289 g/mol. The van der Waals surface area contributed by atoms with E-state index < -0.39 is 0 Å². The van der Waals surface area contributed by atoms with Crippen molar-refractivity contribution in [3.63, 3.8) is 0 Å². The molecular formula is C15H19N3OS. The van der Waals surface area contributed by atoms with Crippen LogP contribution in [0.4, 0.5) is 5.82 Å². The molecule has 0 bridgehead atoms. The fourth-order valence-corrected chi connectivity index (χ4v) is 2.11. The summed E-state index contributed by atoms with van der Waals surface area (Å²) in [6.07, 6.45) is 0.230. The van der Waals surface area contributed by atoms with Gasteiger partial charge < -0.3 is 15.8 Å². The van der Waals surface area contributed by atoms with Crippen molar-refractivity contribution in [3.05, 3.63) is 35.9 Å². The van der Waals surface area contributed by atoms with Gasteiger partial charge in [0.25, 0.3) is 0 Å². The van der Waals surface area contributed by atoms with Crippen LogP contribution in [0.1, 0.15) is 19.4 Å². The van der Waals surface area contributed by atoms with E-state index in [1.165, 1.54) is 0 Å². The van der Waals surface area contributed by atoms with E-state index in [4.69, 9.17) is 22.7 Å². The summed E-state index contributed by atoms with van der Waals surface area (Å²) in [6.45, 7) is 5.35. The van der Waals surface area contributed by atoms with E-state index >= 15 is 0 Å². The van der Waals surface area contributed by atoms with Crippen molar-refractivity contribution in [2.75, 3.05) is 18.5 Å². The Morgan fingerprint density at radius 3 is 2.85 bits per heavy atom. The van der Waals surface area contributed by atoms with E-state index in [-0.39, 0.29) is 6.10 Å². The van der Waals surface area contributed by atoms with Gasteiger partial charge in [-0.2, -0.15) is 0 Å². The molecule has 0 fully saturated rings. The maximum Gasteiger partial charge on any atom is 0.127 e. The summed E-state index contributed by atoms with van der Waals surface area (Å²) in [5, 5.41) is 4.21. The third-order valence-electron chi connectivity index (χ3n) is 2.84. The number of nitrogens with zero attached hydrogens (tertiary/aromatic N) is 1. The number of pyridine rings is 1. The van der Waals surface area contributed by atoms with Crippen molar-refractivity contribution in [1.82, 2.24) is 4.98 Å². The average Bonchev–Trinajstić information content (AvgIpc) is 2.42. The summed E-state index contributed by atoms with van der Waals surface area (Å²) in [4.78, 5) is 4.93. The van der Waals surface area contributed by atoms with Crippen LogP contribution in [0.5, 0.6) is 0 Å². The van der Waals surface area contributed by atoms with Crippen molar-refractivity contribution >= 4 is 33.9 Å². The second kappa shape index (κ2) is 6.63. The molecule has 0 aliphatic carbocycles. The lowest BCUT2D eigenvalue weighted by Crippen LogP contribution is -2.15. The standard InChI is InChI=1S/C15H19N3OS/c1-10(2)19-8-7-17-14-9-12(15(16)20)11-5-3-4-6-13(11)18-14/h3-6,9-10H,7-8H2,1-2H3,(H2,16,20)(H,17,18). The highest BCUT2D eigenvalue weighted by atomic mass is 32.1. The Bertz CT molecular complexity index is 613. The molecule has 0 aliphatic heterocycles. The molecule has 1 aromatic heterocycles. The number of nitrogens with one attached hydrogen (secondary N) is 1. The first kappa shape index (κ1) is 14.7. The molecule has 0 aliphatic rings. The van der Waals surface area contributed by atoms with Crippen molar-refractivity contribution in [2.45, 2.75) is 20.0 Å². The molecule has 5 heteroatoms. The molecular weight excluding hydrogens is 270 g/mol. The number of benzene rings is 1. The predicted molar refractivity (Wildman–Crippen MR) is 87.2 cm³/mol. The number of rotatable bonds is 6. The lowest BCUT2D eigenvalue weighted by atomic mass is 10.1. The summed E-state index contributed by atoms with van der Waals surface area (Å²) in [7, 11) is 0. The number of anilines is 1. The molecule has 1 heterocycles. The molecule has 0 unspecified atom stereocenters. The minimum absolute atomic E-state index is 0.230. The first-order valence-corrected chi connectivity index (χ1v) is 7.04. The Morgan fingerprint density at radius 1 is 1.40 bits per heavy atom. The van der Waals surface area contributed by atoms with Gasteiger partial charge in [-0.25, -0.2) is 4.98 Å². The summed E-state index contributed by atoms with van der Waals surface area (Å²) in [5.41, 5.74) is 7.52. The maximum atomic E-state index is 5.79. The molecule has 3 N–H and O–H groups in total. The zero-order chi connectivity index (χ0) is 14.5. The van der Waals surface area contributed by atoms with Gasteiger partial charge in [0, 0.05) is 17.5 Å². The Morgan fingerprint density at radius 2 is 2.15 bits per heavy atom. The lowest BCUT2D eigenvalue weighted by Gasteiger charge is -2.11. The molecule has 4 nitrogen and oxygen atoms in total. The topological polar surface area (TPSA) is 60.2 Å². The van der Waals surface area contributed by atoms with Gasteiger partial charge in [0.15, 0.2) is 0 Å². The van der Waals surface area contributed by atoms with E-state index in [2.05, 4.69) is 10.3 Å². The average molecular weight is 289 g/mol. The van der Waals surface area contributed by atoms with Crippen LogP contribution in [0.3, 0.4) is 0 Å². The van der Waals surface area contributed by atoms with Gasteiger partial charge in [0.1, 0.15) is 10.8 Å². The smallest absolute Gasteiger partial charge is 0.127 e. The van der Waals surface area contributed by atoms with Gasteiger partial charge >= 0.3 is 0 Å². The Kier molecular flexibility index (Phi) is 4.87. The first-order valence-electron chi connectivity index (χ1n) is 6.63. The van der Waals surface area contributed by atoms with Crippen LogP contribution in [0.2, 0.25) is 0 Å². The summed E-state index contributed by atoms with van der Waals surface area (Å²) in [6, 6.07) is 9.72. The fraction of sp³-hybridized carbons (Fsp3) is 0.333. The predicted octanol–water partition coefficient (Wildman–Crippen LogP) is 2.71. The van der Waals surface area contributed by atoms with Crippen molar-refractivity contribution in [1.29, 1.82) is 0 Å². The minimum Gasteiger partial charge on any atom is -0.389 e. The SMILES string of the molecule is CC(C)OCCNc1cc(C(N)=S)c2ccccc2n1. The third-order valence-corrected chi connectivity index (χ3v) is 3.06. The minimum atomic E-state index is 0.230. The fourth-order valence-electron chi connectivity index (χ4n) is 1.94. The number of fused-ring (bicyclic) bond motifs is 1.